The van der Waals surface area contributed by atoms with E-state index in [0.29, 0.717) is 23.8 Å². The molecule has 0 spiro atoms. The van der Waals surface area contributed by atoms with Crippen LogP contribution in [0.3, 0.4) is 0 Å². The van der Waals surface area contributed by atoms with E-state index < -0.39 is 0 Å². The van der Waals surface area contributed by atoms with E-state index in [2.05, 4.69) is 83.4 Å². The minimum absolute atomic E-state index is 0.206. The number of anilines is 1. The molecule has 4 atom stereocenters. The van der Waals surface area contributed by atoms with Crippen molar-refractivity contribution in [1.29, 1.82) is 0 Å². The Kier molecular flexibility index (Phi) is 6.93. The van der Waals surface area contributed by atoms with Crippen molar-refractivity contribution < 1.29 is 9.47 Å². The highest BCUT2D eigenvalue weighted by atomic mass is 16.5. The Balaban J connectivity index is 1.35. The first-order valence-corrected chi connectivity index (χ1v) is 14.2. The Morgan fingerprint density at radius 1 is 1.08 bits per heavy atom. The van der Waals surface area contributed by atoms with E-state index in [1.807, 2.05) is 4.40 Å². The molecule has 0 radical (unpaired) electrons. The van der Waals surface area contributed by atoms with Gasteiger partial charge in [0.15, 0.2) is 11.5 Å². The number of piperazine rings is 1. The molecule has 10 nitrogen and oxygen atoms in total. The Hall–Kier alpha value is -3.24. The number of methoxy groups -OCH3 is 1. The van der Waals surface area contributed by atoms with Gasteiger partial charge in [0.2, 0.25) is 0 Å². The van der Waals surface area contributed by atoms with Gasteiger partial charge in [0, 0.05) is 37.8 Å². The highest BCUT2D eigenvalue weighted by Gasteiger charge is 2.37. The number of hydrogen-bond acceptors (Lipinski definition) is 8. The van der Waals surface area contributed by atoms with Crippen LogP contribution in [0, 0.1) is 12.8 Å². The van der Waals surface area contributed by atoms with Gasteiger partial charge in [-0.25, -0.2) is 9.38 Å². The maximum absolute atomic E-state index is 5.98. The first-order valence-electron chi connectivity index (χ1n) is 14.2. The number of aryl methyl sites for hydroxylation is 1. The SMILES string of the molecule is COc1ccc([C@@H](C(C)C)N2C[C@H](C)N(c3nc4nncn4c4c3nc(C)n4C[C@@H]3CCCO3)C[C@H]2C)cc1. The molecular formula is C29H40N8O2. The summed E-state index contributed by atoms with van der Waals surface area (Å²) in [4.78, 5) is 15.2. The van der Waals surface area contributed by atoms with Gasteiger partial charge in [0.1, 0.15) is 23.4 Å². The topological polar surface area (TPSA) is 85.8 Å². The van der Waals surface area contributed by atoms with Crippen LogP contribution in [0.5, 0.6) is 5.75 Å². The molecule has 2 aliphatic rings. The summed E-state index contributed by atoms with van der Waals surface area (Å²) < 4.78 is 15.6. The summed E-state index contributed by atoms with van der Waals surface area (Å²) in [7, 11) is 1.72. The number of imidazole rings is 1. The number of ether oxygens (including phenoxy) is 2. The Labute approximate surface area is 229 Å². The molecule has 0 aliphatic carbocycles. The third-order valence-electron chi connectivity index (χ3n) is 8.47. The molecule has 0 N–H and O–H groups in total. The third kappa shape index (κ3) is 4.63. The van der Waals surface area contributed by atoms with Crippen molar-refractivity contribution in [3.63, 3.8) is 0 Å². The maximum Gasteiger partial charge on any atom is 0.258 e. The number of aromatic nitrogens is 6. The van der Waals surface area contributed by atoms with Crippen LogP contribution < -0.4 is 9.64 Å². The number of hydrogen-bond donors (Lipinski definition) is 0. The number of nitrogens with zero attached hydrogens (tertiary/aromatic N) is 8. The Morgan fingerprint density at radius 3 is 2.56 bits per heavy atom. The molecule has 2 saturated heterocycles. The van der Waals surface area contributed by atoms with Crippen LogP contribution in [0.15, 0.2) is 30.6 Å². The van der Waals surface area contributed by atoms with Crippen molar-refractivity contribution in [2.24, 2.45) is 5.92 Å². The molecular weight excluding hydrogens is 492 g/mol. The van der Waals surface area contributed by atoms with E-state index in [4.69, 9.17) is 19.4 Å². The second-order valence-electron chi connectivity index (χ2n) is 11.5. The van der Waals surface area contributed by atoms with Crippen LogP contribution in [0.2, 0.25) is 0 Å². The maximum atomic E-state index is 5.98. The minimum Gasteiger partial charge on any atom is -0.497 e. The molecule has 0 saturated carbocycles. The van der Waals surface area contributed by atoms with Crippen LogP contribution >= 0.6 is 0 Å². The highest BCUT2D eigenvalue weighted by molar-refractivity contribution is 5.87. The fourth-order valence-corrected chi connectivity index (χ4v) is 6.56. The van der Waals surface area contributed by atoms with Gasteiger partial charge in [-0.3, -0.25) is 4.90 Å². The van der Waals surface area contributed by atoms with Crippen molar-refractivity contribution in [1.82, 2.24) is 34.0 Å². The lowest BCUT2D eigenvalue weighted by molar-refractivity contribution is 0.0821. The average Bonchev–Trinajstić information content (AvgIpc) is 3.67. The Morgan fingerprint density at radius 2 is 1.87 bits per heavy atom. The number of fused-ring (bicyclic) bond motifs is 3. The van der Waals surface area contributed by atoms with Crippen molar-refractivity contribution in [3.05, 3.63) is 42.0 Å². The van der Waals surface area contributed by atoms with Gasteiger partial charge in [-0.2, -0.15) is 4.98 Å². The van der Waals surface area contributed by atoms with Crippen molar-refractivity contribution in [2.75, 3.05) is 31.7 Å². The second kappa shape index (κ2) is 10.4. The second-order valence-corrected chi connectivity index (χ2v) is 11.5. The van der Waals surface area contributed by atoms with Gasteiger partial charge >= 0.3 is 0 Å². The molecule has 10 heteroatoms. The summed E-state index contributed by atoms with van der Waals surface area (Å²) in [6.07, 6.45) is 4.13. The van der Waals surface area contributed by atoms with E-state index in [0.717, 1.165) is 67.6 Å². The molecule has 1 aromatic carbocycles. The summed E-state index contributed by atoms with van der Waals surface area (Å²) in [5, 5.41) is 8.55. The lowest BCUT2D eigenvalue weighted by Gasteiger charge is -2.49. The first-order chi connectivity index (χ1) is 18.9. The molecule has 4 aromatic rings. The first kappa shape index (κ1) is 26.0. The fourth-order valence-electron chi connectivity index (χ4n) is 6.56. The van der Waals surface area contributed by atoms with Gasteiger partial charge in [-0.1, -0.05) is 26.0 Å². The standard InChI is InChI=1S/C29H40N8O2/c1-18(2)26(22-9-11-23(38-6)12-10-22)34-14-20(4)35(15-19(34)3)27-25-28(37-17-30-33-29(37)32-27)36(21(5)31-25)16-24-8-7-13-39-24/h9-12,17-20,24,26H,7-8,13-16H2,1-6H3/t19-,20+,24+,26-/m1/s1. The summed E-state index contributed by atoms with van der Waals surface area (Å²) in [5.41, 5.74) is 3.22. The highest BCUT2D eigenvalue weighted by Crippen LogP contribution is 2.36. The van der Waals surface area contributed by atoms with E-state index >= 15 is 0 Å². The number of rotatable bonds is 7. The third-order valence-corrected chi connectivity index (χ3v) is 8.47. The van der Waals surface area contributed by atoms with E-state index in [9.17, 15) is 0 Å². The molecule has 39 heavy (non-hydrogen) atoms. The van der Waals surface area contributed by atoms with Gasteiger partial charge in [0.05, 0.1) is 19.8 Å². The van der Waals surface area contributed by atoms with Crippen molar-refractivity contribution >= 4 is 22.8 Å². The average molecular weight is 533 g/mol. The predicted octanol–water partition coefficient (Wildman–Crippen LogP) is 4.27. The van der Waals surface area contributed by atoms with E-state index in [-0.39, 0.29) is 12.1 Å². The van der Waals surface area contributed by atoms with Crippen LogP contribution in [0.4, 0.5) is 5.82 Å². The smallest absolute Gasteiger partial charge is 0.258 e. The summed E-state index contributed by atoms with van der Waals surface area (Å²) in [5.74, 6) is 3.81. The fraction of sp³-hybridized carbons (Fsp3) is 0.586. The van der Waals surface area contributed by atoms with Crippen LogP contribution in [0.1, 0.15) is 58.0 Å². The molecule has 0 bridgehead atoms. The van der Waals surface area contributed by atoms with E-state index in [1.54, 1.807) is 13.4 Å². The zero-order valence-corrected chi connectivity index (χ0v) is 23.9. The molecule has 2 aliphatic heterocycles. The van der Waals surface area contributed by atoms with Gasteiger partial charge in [0.25, 0.3) is 5.78 Å². The lowest BCUT2D eigenvalue weighted by Crippen LogP contribution is -2.58. The largest absolute Gasteiger partial charge is 0.497 e. The molecule has 0 unspecified atom stereocenters. The van der Waals surface area contributed by atoms with Crippen LogP contribution in [0.25, 0.3) is 16.9 Å². The number of benzene rings is 1. The molecule has 0 amide bonds. The summed E-state index contributed by atoms with van der Waals surface area (Å²) in [6, 6.07) is 9.43. The van der Waals surface area contributed by atoms with Crippen LogP contribution in [-0.4, -0.2) is 79.0 Å². The molecule has 5 heterocycles. The minimum atomic E-state index is 0.206. The quantitative estimate of drug-likeness (QED) is 0.349. The normalized spacial score (nSPS) is 23.4. The van der Waals surface area contributed by atoms with Crippen molar-refractivity contribution in [2.45, 2.75) is 78.2 Å². The summed E-state index contributed by atoms with van der Waals surface area (Å²) in [6.45, 7) is 14.7. The zero-order chi connectivity index (χ0) is 27.3. The molecule has 6 rings (SSSR count). The van der Waals surface area contributed by atoms with Gasteiger partial charge in [-0.15, -0.1) is 10.2 Å². The molecule has 2 fully saturated rings. The van der Waals surface area contributed by atoms with Crippen LogP contribution in [-0.2, 0) is 11.3 Å². The van der Waals surface area contributed by atoms with Crippen molar-refractivity contribution in [3.8, 4) is 5.75 Å². The Bertz CT molecular complexity index is 1440. The van der Waals surface area contributed by atoms with Gasteiger partial charge in [-0.05, 0) is 57.2 Å². The predicted molar refractivity (Wildman–Crippen MR) is 151 cm³/mol. The summed E-state index contributed by atoms with van der Waals surface area (Å²) >= 11 is 0. The monoisotopic (exact) mass is 532 g/mol. The lowest BCUT2D eigenvalue weighted by atomic mass is 9.91. The van der Waals surface area contributed by atoms with E-state index in [1.165, 1.54) is 5.56 Å². The molecule has 3 aromatic heterocycles. The zero-order valence-electron chi connectivity index (χ0n) is 23.9. The molecule has 208 valence electrons. The van der Waals surface area contributed by atoms with Gasteiger partial charge < -0.3 is 18.9 Å².